The number of methoxy groups -OCH3 is 1. The average molecular weight is 607 g/mol. The van der Waals surface area contributed by atoms with Crippen molar-refractivity contribution in [2.45, 2.75) is 50.7 Å². The van der Waals surface area contributed by atoms with Crippen molar-refractivity contribution in [3.8, 4) is 5.75 Å². The molecule has 0 fully saturated rings. The number of nitrogens with one attached hydrogen (secondary N) is 1. The van der Waals surface area contributed by atoms with Gasteiger partial charge in [0.2, 0.25) is 11.8 Å². The van der Waals surface area contributed by atoms with Crippen LogP contribution in [-0.2, 0) is 26.2 Å². The first-order valence-corrected chi connectivity index (χ1v) is 14.9. The fourth-order valence-electron chi connectivity index (χ4n) is 3.95. The second-order valence-electron chi connectivity index (χ2n) is 9.32. The molecule has 0 radical (unpaired) electrons. The van der Waals surface area contributed by atoms with E-state index < -0.39 is 28.5 Å². The lowest BCUT2D eigenvalue weighted by Crippen LogP contribution is -2.52. The van der Waals surface area contributed by atoms with Gasteiger partial charge in [-0.05, 0) is 68.3 Å². The quantitative estimate of drug-likeness (QED) is 0.293. The summed E-state index contributed by atoms with van der Waals surface area (Å²) >= 11 is 12.4. The lowest BCUT2D eigenvalue weighted by atomic mass is 10.1. The number of hydrogen-bond donors (Lipinski definition) is 1. The highest BCUT2D eigenvalue weighted by Gasteiger charge is 2.33. The van der Waals surface area contributed by atoms with Crippen LogP contribution in [0, 0.1) is 0 Å². The maximum absolute atomic E-state index is 14.0. The number of anilines is 1. The van der Waals surface area contributed by atoms with Crippen LogP contribution in [0.5, 0.6) is 5.75 Å². The smallest absolute Gasteiger partial charge is 0.264 e. The summed E-state index contributed by atoms with van der Waals surface area (Å²) in [5.74, 6) is -0.359. The Morgan fingerprint density at radius 1 is 0.950 bits per heavy atom. The molecule has 0 aliphatic rings. The van der Waals surface area contributed by atoms with Crippen molar-refractivity contribution in [3.05, 3.63) is 88.4 Å². The normalized spacial score (nSPS) is 12.8. The zero-order valence-corrected chi connectivity index (χ0v) is 25.1. The molecule has 0 aliphatic carbocycles. The molecule has 0 aromatic heterocycles. The van der Waals surface area contributed by atoms with Gasteiger partial charge in [-0.15, -0.1) is 0 Å². The van der Waals surface area contributed by atoms with Crippen molar-refractivity contribution in [2.24, 2.45) is 0 Å². The first-order chi connectivity index (χ1) is 19.0. The molecular formula is C29H33Cl2N3O5S. The molecule has 0 unspecified atom stereocenters. The summed E-state index contributed by atoms with van der Waals surface area (Å²) in [6.07, 6.45) is 0.709. The summed E-state index contributed by atoms with van der Waals surface area (Å²) in [5.41, 5.74) is 0.826. The number of halogens is 2. The molecule has 11 heteroatoms. The summed E-state index contributed by atoms with van der Waals surface area (Å²) in [5, 5.41) is 3.32. The molecule has 0 aliphatic heterocycles. The van der Waals surface area contributed by atoms with Gasteiger partial charge in [-0.3, -0.25) is 13.9 Å². The van der Waals surface area contributed by atoms with Crippen molar-refractivity contribution >= 4 is 50.7 Å². The van der Waals surface area contributed by atoms with Crippen LogP contribution in [0.25, 0.3) is 0 Å². The number of carbonyl (C=O) groups excluding carboxylic acids is 2. The maximum atomic E-state index is 14.0. The Morgan fingerprint density at radius 2 is 1.60 bits per heavy atom. The number of benzene rings is 3. The minimum absolute atomic E-state index is 0.0131. The fourth-order valence-corrected chi connectivity index (χ4v) is 5.88. The molecule has 8 nitrogen and oxygen atoms in total. The maximum Gasteiger partial charge on any atom is 0.264 e. The Kier molecular flexibility index (Phi) is 10.8. The van der Waals surface area contributed by atoms with Crippen LogP contribution in [0.1, 0.15) is 32.8 Å². The fraction of sp³-hybridized carbons (Fsp3) is 0.310. The highest BCUT2D eigenvalue weighted by molar-refractivity contribution is 7.92. The Hall–Kier alpha value is -3.27. The summed E-state index contributed by atoms with van der Waals surface area (Å²) in [6.45, 7) is 4.87. The summed E-state index contributed by atoms with van der Waals surface area (Å²) in [6, 6.07) is 18.2. The van der Waals surface area contributed by atoms with Gasteiger partial charge in [-0.25, -0.2) is 8.42 Å². The second-order valence-corrected chi connectivity index (χ2v) is 12.1. The first-order valence-electron chi connectivity index (χ1n) is 12.7. The number of nitrogens with zero attached hydrogens (tertiary/aromatic N) is 2. The third-order valence-electron chi connectivity index (χ3n) is 6.40. The molecule has 1 N–H and O–H groups in total. The number of carbonyl (C=O) groups is 2. The molecule has 0 spiro atoms. The van der Waals surface area contributed by atoms with Gasteiger partial charge in [0.05, 0.1) is 17.7 Å². The highest BCUT2D eigenvalue weighted by atomic mass is 35.5. The SMILES string of the molecule is CC[C@@H](C)NC(=O)[C@H](C)N(Cc1cccc(OC)c1)C(=O)CN(c1cc(Cl)cc(Cl)c1)S(=O)(=O)c1ccccc1. The topological polar surface area (TPSA) is 96.0 Å². The molecule has 214 valence electrons. The minimum Gasteiger partial charge on any atom is -0.497 e. The van der Waals surface area contributed by atoms with Crippen LogP contribution < -0.4 is 14.4 Å². The molecule has 2 atom stereocenters. The van der Waals surface area contributed by atoms with E-state index in [0.29, 0.717) is 17.7 Å². The van der Waals surface area contributed by atoms with Crippen LogP contribution in [0.15, 0.2) is 77.7 Å². The number of amides is 2. The molecule has 0 saturated carbocycles. The lowest BCUT2D eigenvalue weighted by molar-refractivity contribution is -0.139. The number of rotatable bonds is 12. The molecule has 3 rings (SSSR count). The van der Waals surface area contributed by atoms with Gasteiger partial charge in [0.1, 0.15) is 18.3 Å². The predicted octanol–water partition coefficient (Wildman–Crippen LogP) is 5.53. The molecule has 2 amide bonds. The van der Waals surface area contributed by atoms with E-state index in [4.69, 9.17) is 27.9 Å². The van der Waals surface area contributed by atoms with Crippen LogP contribution in [-0.4, -0.2) is 50.9 Å². The summed E-state index contributed by atoms with van der Waals surface area (Å²) < 4.78 is 33.9. The van der Waals surface area contributed by atoms with E-state index in [1.165, 1.54) is 42.3 Å². The Labute approximate surface area is 245 Å². The molecule has 3 aromatic rings. The van der Waals surface area contributed by atoms with E-state index in [1.54, 1.807) is 49.4 Å². The van der Waals surface area contributed by atoms with E-state index in [-0.39, 0.29) is 39.1 Å². The Morgan fingerprint density at radius 3 is 2.20 bits per heavy atom. The average Bonchev–Trinajstić information content (AvgIpc) is 2.93. The van der Waals surface area contributed by atoms with Crippen molar-refractivity contribution in [1.82, 2.24) is 10.2 Å². The lowest BCUT2D eigenvalue weighted by Gasteiger charge is -2.32. The van der Waals surface area contributed by atoms with Crippen LogP contribution >= 0.6 is 23.2 Å². The van der Waals surface area contributed by atoms with Gasteiger partial charge in [-0.2, -0.15) is 0 Å². The molecule has 3 aromatic carbocycles. The highest BCUT2D eigenvalue weighted by Crippen LogP contribution is 2.30. The zero-order valence-electron chi connectivity index (χ0n) is 22.8. The molecular weight excluding hydrogens is 573 g/mol. The van der Waals surface area contributed by atoms with Gasteiger partial charge < -0.3 is 15.0 Å². The molecule has 0 saturated heterocycles. The van der Waals surface area contributed by atoms with Crippen molar-refractivity contribution in [3.63, 3.8) is 0 Å². The van der Waals surface area contributed by atoms with Crippen LogP contribution in [0.2, 0.25) is 10.0 Å². The molecule has 0 bridgehead atoms. The first kappa shape index (κ1) is 31.3. The number of ether oxygens (including phenoxy) is 1. The number of hydrogen-bond acceptors (Lipinski definition) is 5. The van der Waals surface area contributed by atoms with Gasteiger partial charge in [-0.1, -0.05) is 60.5 Å². The van der Waals surface area contributed by atoms with Crippen molar-refractivity contribution in [2.75, 3.05) is 18.0 Å². The third kappa shape index (κ3) is 7.90. The number of sulfonamides is 1. The zero-order chi connectivity index (χ0) is 29.4. The van der Waals surface area contributed by atoms with Gasteiger partial charge in [0.25, 0.3) is 10.0 Å². The third-order valence-corrected chi connectivity index (χ3v) is 8.63. The van der Waals surface area contributed by atoms with Crippen LogP contribution in [0.3, 0.4) is 0 Å². The Bertz CT molecular complexity index is 1420. The monoisotopic (exact) mass is 605 g/mol. The van der Waals surface area contributed by atoms with Gasteiger partial charge in [0.15, 0.2) is 0 Å². The standard InChI is InChI=1S/C29H33Cl2N3O5S/c1-5-20(2)32-29(36)21(3)33(18-22-10-9-11-26(14-22)39-4)28(35)19-34(25-16-23(30)15-24(31)17-25)40(37,38)27-12-7-6-8-13-27/h6-17,20-21H,5,18-19H2,1-4H3,(H,32,36)/t20-,21+/m1/s1. The molecule has 0 heterocycles. The van der Waals surface area contributed by atoms with Crippen LogP contribution in [0.4, 0.5) is 5.69 Å². The van der Waals surface area contributed by atoms with Gasteiger partial charge >= 0.3 is 0 Å². The predicted molar refractivity (Wildman–Crippen MR) is 158 cm³/mol. The molecule has 40 heavy (non-hydrogen) atoms. The van der Waals surface area contributed by atoms with E-state index in [2.05, 4.69) is 5.32 Å². The summed E-state index contributed by atoms with van der Waals surface area (Å²) in [4.78, 5) is 28.5. The van der Waals surface area contributed by atoms with Crippen molar-refractivity contribution < 1.29 is 22.7 Å². The second kappa shape index (κ2) is 13.9. The van der Waals surface area contributed by atoms with Gasteiger partial charge in [0, 0.05) is 22.6 Å². The largest absolute Gasteiger partial charge is 0.497 e. The van der Waals surface area contributed by atoms with E-state index in [9.17, 15) is 18.0 Å². The Balaban J connectivity index is 2.05. The minimum atomic E-state index is -4.22. The summed E-state index contributed by atoms with van der Waals surface area (Å²) in [7, 11) is -2.69. The van der Waals surface area contributed by atoms with Crippen molar-refractivity contribution in [1.29, 1.82) is 0 Å². The van der Waals surface area contributed by atoms with E-state index >= 15 is 0 Å². The van der Waals surface area contributed by atoms with E-state index in [0.717, 1.165) is 4.31 Å². The van der Waals surface area contributed by atoms with E-state index in [1.807, 2.05) is 13.8 Å².